The fraction of sp³-hybridized carbons (Fsp3) is 0.174. The molecule has 0 saturated carbocycles. The van der Waals surface area contributed by atoms with E-state index in [1.165, 1.54) is 0 Å². The normalized spacial score (nSPS) is 11.0. The Morgan fingerprint density at radius 2 is 1.80 bits per heavy atom. The highest BCUT2D eigenvalue weighted by molar-refractivity contribution is 6.30. The van der Waals surface area contributed by atoms with Gasteiger partial charge in [0.25, 0.3) is 5.56 Å². The third-order valence-electron chi connectivity index (χ3n) is 4.98. The first-order chi connectivity index (χ1) is 14.6. The van der Waals surface area contributed by atoms with Crippen molar-refractivity contribution >= 4 is 28.5 Å². The Morgan fingerprint density at radius 1 is 1.07 bits per heavy atom. The van der Waals surface area contributed by atoms with E-state index in [0.29, 0.717) is 29.1 Å². The SMILES string of the molecule is CCn1cnc2c(-c3ccccc3)cn(CC(=O)NCc3ccc(Cl)cc3)c2c1=O. The third kappa shape index (κ3) is 4.00. The molecule has 4 rings (SSSR count). The highest BCUT2D eigenvalue weighted by atomic mass is 35.5. The number of nitrogens with one attached hydrogen (secondary N) is 1. The molecule has 152 valence electrons. The number of halogens is 1. The van der Waals surface area contributed by atoms with Crippen molar-refractivity contribution in [1.82, 2.24) is 19.4 Å². The summed E-state index contributed by atoms with van der Waals surface area (Å²) in [7, 11) is 0. The Kier molecular flexibility index (Phi) is 5.68. The summed E-state index contributed by atoms with van der Waals surface area (Å²) in [6, 6.07) is 17.0. The molecule has 2 heterocycles. The lowest BCUT2D eigenvalue weighted by Gasteiger charge is -2.08. The van der Waals surface area contributed by atoms with Gasteiger partial charge in [0.15, 0.2) is 0 Å². The van der Waals surface area contributed by atoms with Gasteiger partial charge < -0.3 is 9.88 Å². The molecule has 2 aromatic carbocycles. The van der Waals surface area contributed by atoms with Gasteiger partial charge in [0.1, 0.15) is 17.6 Å². The molecule has 0 saturated heterocycles. The van der Waals surface area contributed by atoms with E-state index in [0.717, 1.165) is 16.7 Å². The molecule has 4 aromatic rings. The third-order valence-corrected chi connectivity index (χ3v) is 5.24. The Balaban J connectivity index is 1.66. The van der Waals surface area contributed by atoms with Crippen LogP contribution < -0.4 is 10.9 Å². The molecular formula is C23H21ClN4O2. The molecule has 0 bridgehead atoms. The second kappa shape index (κ2) is 8.55. The minimum Gasteiger partial charge on any atom is -0.350 e. The van der Waals surface area contributed by atoms with E-state index in [4.69, 9.17) is 11.6 Å². The zero-order valence-electron chi connectivity index (χ0n) is 16.5. The van der Waals surface area contributed by atoms with Crippen LogP contribution in [0, 0.1) is 0 Å². The van der Waals surface area contributed by atoms with Crippen LogP contribution in [0.4, 0.5) is 0 Å². The van der Waals surface area contributed by atoms with E-state index >= 15 is 0 Å². The summed E-state index contributed by atoms with van der Waals surface area (Å²) in [5.74, 6) is -0.187. The van der Waals surface area contributed by atoms with Gasteiger partial charge in [-0.3, -0.25) is 14.2 Å². The average Bonchev–Trinajstić information content (AvgIpc) is 3.13. The van der Waals surface area contributed by atoms with Gasteiger partial charge in [-0.25, -0.2) is 4.98 Å². The van der Waals surface area contributed by atoms with Crippen molar-refractivity contribution in [3.05, 3.63) is 88.1 Å². The van der Waals surface area contributed by atoms with Gasteiger partial charge in [0, 0.05) is 29.9 Å². The van der Waals surface area contributed by atoms with Crippen molar-refractivity contribution in [3.63, 3.8) is 0 Å². The average molecular weight is 421 g/mol. The number of aromatic nitrogens is 3. The molecule has 1 N–H and O–H groups in total. The zero-order valence-corrected chi connectivity index (χ0v) is 17.3. The van der Waals surface area contributed by atoms with Gasteiger partial charge >= 0.3 is 0 Å². The summed E-state index contributed by atoms with van der Waals surface area (Å²) in [5, 5.41) is 3.55. The van der Waals surface area contributed by atoms with E-state index in [1.54, 1.807) is 27.6 Å². The van der Waals surface area contributed by atoms with Gasteiger partial charge in [-0.05, 0) is 30.2 Å². The number of carbonyl (C=O) groups excluding carboxylic acids is 1. The highest BCUT2D eigenvalue weighted by Gasteiger charge is 2.17. The summed E-state index contributed by atoms with van der Waals surface area (Å²) in [4.78, 5) is 30.1. The molecule has 0 fully saturated rings. The van der Waals surface area contributed by atoms with Gasteiger partial charge in [0.05, 0.1) is 6.33 Å². The number of hydrogen-bond acceptors (Lipinski definition) is 3. The van der Waals surface area contributed by atoms with E-state index < -0.39 is 0 Å². The Bertz CT molecular complexity index is 1240. The second-order valence-corrected chi connectivity index (χ2v) is 7.41. The zero-order chi connectivity index (χ0) is 21.1. The van der Waals surface area contributed by atoms with Crippen molar-refractivity contribution in [2.45, 2.75) is 26.6 Å². The molecule has 7 heteroatoms. The number of aryl methyl sites for hydroxylation is 1. The van der Waals surface area contributed by atoms with Crippen molar-refractivity contribution in [1.29, 1.82) is 0 Å². The minimum absolute atomic E-state index is 0.0293. The molecule has 6 nitrogen and oxygen atoms in total. The molecule has 0 spiro atoms. The monoisotopic (exact) mass is 420 g/mol. The standard InChI is InChI=1S/C23H21ClN4O2/c1-2-27-15-26-21-19(17-6-4-3-5-7-17)13-28(22(21)23(27)30)14-20(29)25-12-16-8-10-18(24)11-9-16/h3-11,13,15H,2,12,14H2,1H3,(H,25,29). The molecule has 30 heavy (non-hydrogen) atoms. The van der Waals surface area contributed by atoms with Crippen LogP contribution in [-0.4, -0.2) is 20.0 Å². The number of nitrogens with zero attached hydrogens (tertiary/aromatic N) is 3. The number of amides is 1. The van der Waals surface area contributed by atoms with Crippen LogP contribution >= 0.6 is 11.6 Å². The number of benzene rings is 2. The van der Waals surface area contributed by atoms with Crippen molar-refractivity contribution in [2.24, 2.45) is 0 Å². The maximum absolute atomic E-state index is 13.0. The van der Waals surface area contributed by atoms with E-state index in [1.807, 2.05) is 55.6 Å². The van der Waals surface area contributed by atoms with Crippen molar-refractivity contribution < 1.29 is 4.79 Å². The van der Waals surface area contributed by atoms with Crippen LogP contribution in [0.5, 0.6) is 0 Å². The van der Waals surface area contributed by atoms with Crippen LogP contribution in [0.3, 0.4) is 0 Å². The van der Waals surface area contributed by atoms with E-state index in [9.17, 15) is 9.59 Å². The maximum atomic E-state index is 13.0. The molecule has 2 aromatic heterocycles. The van der Waals surface area contributed by atoms with Crippen LogP contribution in [-0.2, 0) is 24.4 Å². The van der Waals surface area contributed by atoms with E-state index in [2.05, 4.69) is 10.3 Å². The molecule has 0 unspecified atom stereocenters. The van der Waals surface area contributed by atoms with Crippen LogP contribution in [0.15, 0.2) is 71.9 Å². The minimum atomic E-state index is -0.187. The lowest BCUT2D eigenvalue weighted by molar-refractivity contribution is -0.121. The van der Waals surface area contributed by atoms with Crippen LogP contribution in [0.25, 0.3) is 22.2 Å². The van der Waals surface area contributed by atoms with Gasteiger partial charge in [-0.1, -0.05) is 54.1 Å². The smallest absolute Gasteiger partial charge is 0.277 e. The summed E-state index contributed by atoms with van der Waals surface area (Å²) < 4.78 is 3.23. The second-order valence-electron chi connectivity index (χ2n) is 6.97. The van der Waals surface area contributed by atoms with Crippen LogP contribution in [0.2, 0.25) is 5.02 Å². The van der Waals surface area contributed by atoms with Gasteiger partial charge in [-0.2, -0.15) is 0 Å². The first kappa shape index (κ1) is 19.9. The largest absolute Gasteiger partial charge is 0.350 e. The number of carbonyl (C=O) groups is 1. The fourth-order valence-corrected chi connectivity index (χ4v) is 3.53. The molecule has 0 radical (unpaired) electrons. The summed E-state index contributed by atoms with van der Waals surface area (Å²) >= 11 is 5.90. The fourth-order valence-electron chi connectivity index (χ4n) is 3.41. The molecular weight excluding hydrogens is 400 g/mol. The molecule has 0 aliphatic carbocycles. The molecule has 0 atom stereocenters. The predicted molar refractivity (Wildman–Crippen MR) is 118 cm³/mol. The topological polar surface area (TPSA) is 68.9 Å². The van der Waals surface area contributed by atoms with Gasteiger partial charge in [-0.15, -0.1) is 0 Å². The number of hydrogen-bond donors (Lipinski definition) is 1. The van der Waals surface area contributed by atoms with Gasteiger partial charge in [0.2, 0.25) is 5.91 Å². The Morgan fingerprint density at radius 3 is 2.50 bits per heavy atom. The quantitative estimate of drug-likeness (QED) is 0.515. The first-order valence-corrected chi connectivity index (χ1v) is 10.1. The Labute approximate surface area is 178 Å². The van der Waals surface area contributed by atoms with Crippen molar-refractivity contribution in [3.8, 4) is 11.1 Å². The lowest BCUT2D eigenvalue weighted by Crippen LogP contribution is -2.28. The highest BCUT2D eigenvalue weighted by Crippen LogP contribution is 2.27. The summed E-state index contributed by atoms with van der Waals surface area (Å²) in [6.45, 7) is 2.81. The van der Waals surface area contributed by atoms with E-state index in [-0.39, 0.29) is 18.0 Å². The van der Waals surface area contributed by atoms with Crippen LogP contribution in [0.1, 0.15) is 12.5 Å². The first-order valence-electron chi connectivity index (χ1n) is 9.71. The lowest BCUT2D eigenvalue weighted by atomic mass is 10.1. The molecule has 0 aliphatic rings. The van der Waals surface area contributed by atoms with Crippen molar-refractivity contribution in [2.75, 3.05) is 0 Å². The number of fused-ring (bicyclic) bond motifs is 1. The molecule has 1 amide bonds. The maximum Gasteiger partial charge on any atom is 0.277 e. The Hall–Kier alpha value is -3.38. The predicted octanol–water partition coefficient (Wildman–Crippen LogP) is 3.85. The summed E-state index contributed by atoms with van der Waals surface area (Å²) in [6.07, 6.45) is 3.39. The molecule has 0 aliphatic heterocycles. The number of rotatable bonds is 6. The summed E-state index contributed by atoms with van der Waals surface area (Å²) in [5.41, 5.74) is 3.60.